The molecule has 0 radical (unpaired) electrons. The Bertz CT molecular complexity index is 118. The normalized spacial score (nSPS) is 27.0. The largest absolute Gasteiger partial charge is 0.394 e. The molecule has 0 saturated heterocycles. The van der Waals surface area contributed by atoms with Gasteiger partial charge in [-0.3, -0.25) is 0 Å². The zero-order valence-corrected chi connectivity index (χ0v) is 8.21. The molecule has 5 nitrogen and oxygen atoms in total. The first-order valence-electron chi connectivity index (χ1n) is 4.86. The highest BCUT2D eigenvalue weighted by Crippen LogP contribution is 2.17. The van der Waals surface area contributed by atoms with Gasteiger partial charge in [0, 0.05) is 0 Å². The molecule has 2 atom stereocenters. The topological polar surface area (TPSA) is 101 Å². The van der Waals surface area contributed by atoms with Crippen molar-refractivity contribution in [2.24, 2.45) is 0 Å². The van der Waals surface area contributed by atoms with Crippen LogP contribution in [-0.4, -0.2) is 57.1 Å². The summed E-state index contributed by atoms with van der Waals surface area (Å²) in [5.41, 5.74) is 0. The Morgan fingerprint density at radius 1 is 1.00 bits per heavy atom. The van der Waals surface area contributed by atoms with Crippen LogP contribution in [0.5, 0.6) is 0 Å². The van der Waals surface area contributed by atoms with Crippen molar-refractivity contribution in [2.75, 3.05) is 13.2 Å². The predicted molar refractivity (Wildman–Crippen MR) is 50.7 cm³/mol. The summed E-state index contributed by atoms with van der Waals surface area (Å²) in [6.07, 6.45) is 1.87. The van der Waals surface area contributed by atoms with Gasteiger partial charge in [0.05, 0.1) is 25.4 Å². The van der Waals surface area contributed by atoms with Crippen LogP contribution in [0.2, 0.25) is 0 Å². The summed E-state index contributed by atoms with van der Waals surface area (Å²) in [6, 6.07) is 0. The van der Waals surface area contributed by atoms with Gasteiger partial charge in [0.2, 0.25) is 0 Å². The quantitative estimate of drug-likeness (QED) is 0.385. The Morgan fingerprint density at radius 3 is 1.57 bits per heavy atom. The van der Waals surface area contributed by atoms with E-state index in [2.05, 4.69) is 0 Å². The number of aliphatic hydroxyl groups excluding tert-OH is 5. The molecule has 14 heavy (non-hydrogen) atoms. The first kappa shape index (κ1) is 13.8. The van der Waals surface area contributed by atoms with Crippen LogP contribution in [0.25, 0.3) is 0 Å². The molecule has 0 aromatic rings. The maximum absolute atomic E-state index is 8.92. The van der Waals surface area contributed by atoms with Crippen molar-refractivity contribution < 1.29 is 25.5 Å². The number of hydrogen-bond acceptors (Lipinski definition) is 5. The molecule has 5 heteroatoms. The summed E-state index contributed by atoms with van der Waals surface area (Å²) in [5.74, 6) is 0. The lowest BCUT2D eigenvalue weighted by Crippen LogP contribution is -2.22. The van der Waals surface area contributed by atoms with Crippen LogP contribution in [0.15, 0.2) is 0 Å². The third-order valence-corrected chi connectivity index (χ3v) is 2.04. The summed E-state index contributed by atoms with van der Waals surface area (Å²) < 4.78 is 0. The minimum atomic E-state index is -0.954. The summed E-state index contributed by atoms with van der Waals surface area (Å²) >= 11 is 0. The second-order valence-corrected chi connectivity index (χ2v) is 3.49. The second kappa shape index (κ2) is 8.14. The molecule has 1 aliphatic carbocycles. The Hall–Kier alpha value is -0.200. The standard InChI is InChI=1S/C6H12O2.C3H8O3/c7-5-2-1-3-6(8)4-5;4-1-3(6)2-5/h5-8H,1-4H2;3-6H,1-2H2. The van der Waals surface area contributed by atoms with E-state index < -0.39 is 6.10 Å². The zero-order valence-electron chi connectivity index (χ0n) is 8.21. The molecule has 0 heterocycles. The van der Waals surface area contributed by atoms with Gasteiger partial charge in [-0.15, -0.1) is 0 Å². The molecule has 0 bridgehead atoms. The van der Waals surface area contributed by atoms with Crippen LogP contribution in [0.3, 0.4) is 0 Å². The van der Waals surface area contributed by atoms with Gasteiger partial charge in [-0.1, -0.05) is 0 Å². The van der Waals surface area contributed by atoms with E-state index in [1.807, 2.05) is 0 Å². The maximum Gasteiger partial charge on any atom is 0.100 e. The van der Waals surface area contributed by atoms with E-state index in [4.69, 9.17) is 25.5 Å². The summed E-state index contributed by atoms with van der Waals surface area (Å²) in [4.78, 5) is 0. The molecule has 0 aliphatic heterocycles. The van der Waals surface area contributed by atoms with Crippen molar-refractivity contribution in [1.29, 1.82) is 0 Å². The van der Waals surface area contributed by atoms with Crippen LogP contribution in [0.4, 0.5) is 0 Å². The van der Waals surface area contributed by atoms with E-state index in [1.165, 1.54) is 0 Å². The highest BCUT2D eigenvalue weighted by Gasteiger charge is 2.16. The molecule has 86 valence electrons. The van der Waals surface area contributed by atoms with Gasteiger partial charge in [0.15, 0.2) is 0 Å². The Labute approximate surface area is 83.6 Å². The second-order valence-electron chi connectivity index (χ2n) is 3.49. The van der Waals surface area contributed by atoms with Gasteiger partial charge in [-0.25, -0.2) is 0 Å². The van der Waals surface area contributed by atoms with Crippen molar-refractivity contribution in [1.82, 2.24) is 0 Å². The average molecular weight is 208 g/mol. The number of rotatable bonds is 2. The van der Waals surface area contributed by atoms with Crippen molar-refractivity contribution in [3.05, 3.63) is 0 Å². The van der Waals surface area contributed by atoms with E-state index in [0.29, 0.717) is 6.42 Å². The number of aliphatic hydroxyl groups is 5. The van der Waals surface area contributed by atoms with Gasteiger partial charge in [-0.2, -0.15) is 0 Å². The van der Waals surface area contributed by atoms with Gasteiger partial charge in [0.25, 0.3) is 0 Å². The van der Waals surface area contributed by atoms with Gasteiger partial charge in [-0.05, 0) is 25.7 Å². The molecule has 1 fully saturated rings. The minimum absolute atomic E-state index is 0.237. The molecule has 0 amide bonds. The molecule has 2 unspecified atom stereocenters. The van der Waals surface area contributed by atoms with E-state index in [9.17, 15) is 0 Å². The molecule has 1 saturated carbocycles. The fourth-order valence-corrected chi connectivity index (χ4v) is 1.20. The van der Waals surface area contributed by atoms with Crippen molar-refractivity contribution in [2.45, 2.75) is 44.0 Å². The Morgan fingerprint density at radius 2 is 1.43 bits per heavy atom. The third-order valence-electron chi connectivity index (χ3n) is 2.04. The molecule has 0 aromatic heterocycles. The van der Waals surface area contributed by atoms with Crippen LogP contribution in [-0.2, 0) is 0 Å². The SMILES string of the molecule is OC1CCCC(O)C1.OCC(O)CO. The summed E-state index contributed by atoms with van der Waals surface area (Å²) in [7, 11) is 0. The molecule has 1 aliphatic rings. The molecule has 1 rings (SSSR count). The maximum atomic E-state index is 8.92. The lowest BCUT2D eigenvalue weighted by Gasteiger charge is -2.20. The van der Waals surface area contributed by atoms with Crippen LogP contribution >= 0.6 is 0 Å². The third kappa shape index (κ3) is 7.23. The fraction of sp³-hybridized carbons (Fsp3) is 1.00. The molecular weight excluding hydrogens is 188 g/mol. The highest BCUT2D eigenvalue weighted by molar-refractivity contribution is 4.69. The van der Waals surface area contributed by atoms with Crippen molar-refractivity contribution in [3.8, 4) is 0 Å². The van der Waals surface area contributed by atoms with Crippen molar-refractivity contribution >= 4 is 0 Å². The fourth-order valence-electron chi connectivity index (χ4n) is 1.20. The first-order valence-corrected chi connectivity index (χ1v) is 4.86. The number of hydrogen-bond donors (Lipinski definition) is 5. The lowest BCUT2D eigenvalue weighted by molar-refractivity contribution is 0.0406. The molecule has 5 N–H and O–H groups in total. The average Bonchev–Trinajstić information content (AvgIpc) is 2.17. The first-order chi connectivity index (χ1) is 6.60. The highest BCUT2D eigenvalue weighted by atomic mass is 16.3. The van der Waals surface area contributed by atoms with Crippen LogP contribution < -0.4 is 0 Å². The zero-order chi connectivity index (χ0) is 11.0. The summed E-state index contributed by atoms with van der Waals surface area (Å²) in [6.45, 7) is -0.729. The molecule has 0 spiro atoms. The van der Waals surface area contributed by atoms with Crippen LogP contribution in [0.1, 0.15) is 25.7 Å². The molecular formula is C9H20O5. The predicted octanol–water partition coefficient (Wildman–Crippen LogP) is -1.39. The summed E-state index contributed by atoms with van der Waals surface area (Å²) in [5, 5.41) is 41.9. The molecule has 0 aromatic carbocycles. The van der Waals surface area contributed by atoms with Gasteiger partial charge >= 0.3 is 0 Å². The monoisotopic (exact) mass is 208 g/mol. The van der Waals surface area contributed by atoms with E-state index in [1.54, 1.807) is 0 Å². The Balaban J connectivity index is 0.000000255. The van der Waals surface area contributed by atoms with Gasteiger partial charge < -0.3 is 25.5 Å². The Kier molecular flexibility index (Phi) is 8.02. The smallest absolute Gasteiger partial charge is 0.100 e. The van der Waals surface area contributed by atoms with E-state index in [0.717, 1.165) is 19.3 Å². The lowest BCUT2D eigenvalue weighted by atomic mass is 9.95. The minimum Gasteiger partial charge on any atom is -0.394 e. The van der Waals surface area contributed by atoms with Crippen LogP contribution in [0, 0.1) is 0 Å². The van der Waals surface area contributed by atoms with Crippen molar-refractivity contribution in [3.63, 3.8) is 0 Å². The van der Waals surface area contributed by atoms with Gasteiger partial charge in [0.1, 0.15) is 6.10 Å². The van der Waals surface area contributed by atoms with E-state index in [-0.39, 0.29) is 25.4 Å². The van der Waals surface area contributed by atoms with E-state index >= 15 is 0 Å².